The van der Waals surface area contributed by atoms with Crippen molar-refractivity contribution < 1.29 is 14.5 Å². The molecule has 0 atom stereocenters. The number of carbonyl (C=O) groups excluding carboxylic acids is 1. The maximum atomic E-state index is 12.0. The Morgan fingerprint density at radius 2 is 1.82 bits per heavy atom. The van der Waals surface area contributed by atoms with E-state index in [2.05, 4.69) is 4.98 Å². The second-order valence-corrected chi connectivity index (χ2v) is 5.41. The molecule has 0 radical (unpaired) electrons. The molecule has 114 valence electrons. The number of aromatic nitrogens is 1. The van der Waals surface area contributed by atoms with Gasteiger partial charge in [-0.2, -0.15) is 0 Å². The average molecular weight is 382 g/mol. The zero-order valence-electron chi connectivity index (χ0n) is 10.3. The quantitative estimate of drug-likeness (QED) is 0.329. The van der Waals surface area contributed by atoms with Gasteiger partial charge in [0.25, 0.3) is 5.69 Å². The first-order valence-corrected chi connectivity index (χ1v) is 6.98. The number of non-ortho nitro benzene ring substituents is 1. The van der Waals surface area contributed by atoms with Gasteiger partial charge in [0.1, 0.15) is 5.75 Å². The molecule has 0 aliphatic rings. The van der Waals surface area contributed by atoms with Gasteiger partial charge in [-0.05, 0) is 6.07 Å². The number of nitrogens with zero attached hydrogens (tertiary/aromatic N) is 2. The summed E-state index contributed by atoms with van der Waals surface area (Å²) in [6.07, 6.45) is 1.14. The van der Waals surface area contributed by atoms with E-state index in [1.54, 1.807) is 0 Å². The predicted octanol–water partition coefficient (Wildman–Crippen LogP) is 4.82. The van der Waals surface area contributed by atoms with Gasteiger partial charge in [0, 0.05) is 18.3 Å². The number of halogens is 4. The van der Waals surface area contributed by atoms with Gasteiger partial charge in [-0.15, -0.1) is 0 Å². The van der Waals surface area contributed by atoms with Crippen LogP contribution in [0.25, 0.3) is 0 Å². The fourth-order valence-corrected chi connectivity index (χ4v) is 2.19. The van der Waals surface area contributed by atoms with Crippen LogP contribution in [0.1, 0.15) is 10.5 Å². The van der Waals surface area contributed by atoms with Crippen LogP contribution in [0.3, 0.4) is 0 Å². The van der Waals surface area contributed by atoms with E-state index in [-0.39, 0.29) is 37.2 Å². The molecule has 2 aromatic rings. The summed E-state index contributed by atoms with van der Waals surface area (Å²) in [4.78, 5) is 25.7. The van der Waals surface area contributed by atoms with Crippen molar-refractivity contribution in [2.45, 2.75) is 0 Å². The first kappa shape index (κ1) is 16.8. The van der Waals surface area contributed by atoms with E-state index in [1.807, 2.05) is 0 Å². The van der Waals surface area contributed by atoms with E-state index in [0.717, 1.165) is 18.3 Å². The zero-order valence-corrected chi connectivity index (χ0v) is 13.4. The molecule has 0 saturated heterocycles. The number of ether oxygens (including phenoxy) is 1. The Labute approximate surface area is 143 Å². The number of esters is 1. The lowest BCUT2D eigenvalue weighted by Crippen LogP contribution is -2.12. The highest BCUT2D eigenvalue weighted by molar-refractivity contribution is 6.48. The van der Waals surface area contributed by atoms with Crippen LogP contribution in [-0.4, -0.2) is 15.9 Å². The molecule has 2 rings (SSSR count). The summed E-state index contributed by atoms with van der Waals surface area (Å²) >= 11 is 23.2. The van der Waals surface area contributed by atoms with Crippen LogP contribution in [0.2, 0.25) is 20.1 Å². The molecule has 6 nitrogen and oxygen atoms in total. The molecule has 10 heteroatoms. The maximum Gasteiger partial charge on any atom is 0.363 e. The third kappa shape index (κ3) is 3.41. The predicted molar refractivity (Wildman–Crippen MR) is 82.3 cm³/mol. The van der Waals surface area contributed by atoms with Crippen molar-refractivity contribution in [3.05, 3.63) is 60.3 Å². The average Bonchev–Trinajstić information content (AvgIpc) is 2.46. The number of carbonyl (C=O) groups is 1. The van der Waals surface area contributed by atoms with Gasteiger partial charge in [0.15, 0.2) is 5.69 Å². The molecule has 0 fully saturated rings. The maximum absolute atomic E-state index is 12.0. The van der Waals surface area contributed by atoms with Crippen molar-refractivity contribution in [2.75, 3.05) is 0 Å². The van der Waals surface area contributed by atoms with E-state index >= 15 is 0 Å². The molecule has 0 bridgehead atoms. The third-order valence-corrected chi connectivity index (χ3v) is 3.98. The largest absolute Gasteiger partial charge is 0.420 e. The van der Waals surface area contributed by atoms with Crippen LogP contribution in [0.4, 0.5) is 5.69 Å². The van der Waals surface area contributed by atoms with Crippen LogP contribution < -0.4 is 4.74 Å². The minimum absolute atomic E-state index is 0.0416. The number of nitro groups is 1. The lowest BCUT2D eigenvalue weighted by Gasteiger charge is -2.08. The number of nitro benzene ring substituents is 1. The molecule has 22 heavy (non-hydrogen) atoms. The van der Waals surface area contributed by atoms with Gasteiger partial charge in [-0.25, -0.2) is 9.78 Å². The van der Waals surface area contributed by atoms with Gasteiger partial charge in [-0.1, -0.05) is 46.4 Å². The van der Waals surface area contributed by atoms with Crippen LogP contribution in [0.15, 0.2) is 24.4 Å². The fourth-order valence-electron chi connectivity index (χ4n) is 1.42. The lowest BCUT2D eigenvalue weighted by molar-refractivity contribution is -0.384. The number of benzene rings is 1. The summed E-state index contributed by atoms with van der Waals surface area (Å²) in [7, 11) is 0. The number of pyridine rings is 1. The SMILES string of the molecule is O=C(Oc1ccc([N+](=O)[O-])cc1Cl)c1ncc(Cl)c(Cl)c1Cl. The fraction of sp³-hybridized carbons (Fsp3) is 0. The molecule has 1 aromatic carbocycles. The second-order valence-electron chi connectivity index (χ2n) is 3.84. The normalized spacial score (nSPS) is 10.4. The first-order valence-electron chi connectivity index (χ1n) is 5.47. The molecule has 0 unspecified atom stereocenters. The Balaban J connectivity index is 2.30. The van der Waals surface area contributed by atoms with Crippen molar-refractivity contribution in [2.24, 2.45) is 0 Å². The molecular formula is C12H4Cl4N2O4. The summed E-state index contributed by atoms with van der Waals surface area (Å²) in [5.41, 5.74) is -0.499. The molecule has 1 aromatic heterocycles. The van der Waals surface area contributed by atoms with E-state index in [9.17, 15) is 14.9 Å². The van der Waals surface area contributed by atoms with Gasteiger partial charge in [0.2, 0.25) is 0 Å². The van der Waals surface area contributed by atoms with E-state index in [0.29, 0.717) is 0 Å². The number of rotatable bonds is 3. The molecular weight excluding hydrogens is 378 g/mol. The Bertz CT molecular complexity index is 782. The highest BCUT2D eigenvalue weighted by Crippen LogP contribution is 2.33. The van der Waals surface area contributed by atoms with Crippen molar-refractivity contribution in [1.29, 1.82) is 0 Å². The van der Waals surface area contributed by atoms with E-state index < -0.39 is 10.9 Å². The van der Waals surface area contributed by atoms with Crippen molar-refractivity contribution in [3.8, 4) is 5.75 Å². The topological polar surface area (TPSA) is 82.3 Å². The molecule has 0 amide bonds. The van der Waals surface area contributed by atoms with Gasteiger partial charge in [-0.3, -0.25) is 10.1 Å². The van der Waals surface area contributed by atoms with Crippen LogP contribution in [0.5, 0.6) is 5.75 Å². The smallest absolute Gasteiger partial charge is 0.363 e. The molecule has 0 spiro atoms. The molecule has 0 saturated carbocycles. The van der Waals surface area contributed by atoms with Crippen molar-refractivity contribution in [3.63, 3.8) is 0 Å². The minimum atomic E-state index is -0.931. The van der Waals surface area contributed by atoms with Crippen LogP contribution in [0, 0.1) is 10.1 Å². The Kier molecular flexibility index (Phi) is 5.08. The molecule has 1 heterocycles. The number of hydrogen-bond acceptors (Lipinski definition) is 5. The highest BCUT2D eigenvalue weighted by Gasteiger charge is 2.20. The second kappa shape index (κ2) is 6.66. The summed E-state index contributed by atoms with van der Waals surface area (Å²) in [5, 5.41) is 10.4. The monoisotopic (exact) mass is 380 g/mol. The summed E-state index contributed by atoms with van der Waals surface area (Å²) in [5.74, 6) is -1.01. The molecule has 0 aliphatic heterocycles. The van der Waals surface area contributed by atoms with E-state index in [1.165, 1.54) is 6.07 Å². The Morgan fingerprint density at radius 1 is 1.14 bits per heavy atom. The minimum Gasteiger partial charge on any atom is -0.420 e. The first-order chi connectivity index (χ1) is 10.3. The zero-order chi connectivity index (χ0) is 16.4. The van der Waals surface area contributed by atoms with Gasteiger partial charge >= 0.3 is 5.97 Å². The van der Waals surface area contributed by atoms with Gasteiger partial charge in [0.05, 0.1) is 25.0 Å². The van der Waals surface area contributed by atoms with Crippen molar-refractivity contribution >= 4 is 58.1 Å². The number of hydrogen-bond donors (Lipinski definition) is 0. The van der Waals surface area contributed by atoms with Crippen LogP contribution in [-0.2, 0) is 0 Å². The van der Waals surface area contributed by atoms with Crippen LogP contribution >= 0.6 is 46.4 Å². The highest BCUT2D eigenvalue weighted by atomic mass is 35.5. The van der Waals surface area contributed by atoms with Gasteiger partial charge < -0.3 is 4.74 Å². The third-order valence-electron chi connectivity index (χ3n) is 2.44. The Morgan fingerprint density at radius 3 is 2.41 bits per heavy atom. The standard InChI is InChI=1S/C12H4Cl4N2O4/c13-6-3-5(18(20)21)1-2-8(6)22-12(19)11-10(16)9(15)7(14)4-17-11/h1-4H. The summed E-state index contributed by atoms with van der Waals surface area (Å²) in [6, 6.07) is 3.37. The summed E-state index contributed by atoms with van der Waals surface area (Å²) in [6.45, 7) is 0. The summed E-state index contributed by atoms with van der Waals surface area (Å²) < 4.78 is 5.00. The van der Waals surface area contributed by atoms with Crippen molar-refractivity contribution in [1.82, 2.24) is 4.98 Å². The molecule has 0 N–H and O–H groups in total. The molecule has 0 aliphatic carbocycles. The Hall–Kier alpha value is -1.60. The van der Waals surface area contributed by atoms with E-state index in [4.69, 9.17) is 51.1 Å². The lowest BCUT2D eigenvalue weighted by atomic mass is 10.3.